The number of likely N-dealkylation sites (tertiary alicyclic amines) is 1. The maximum atomic E-state index is 12.7. The van der Waals surface area contributed by atoms with Gasteiger partial charge in [-0.05, 0) is 43.2 Å². The number of aromatic nitrogens is 2. The van der Waals surface area contributed by atoms with Crippen molar-refractivity contribution in [3.05, 3.63) is 48.3 Å². The molecular formula is C18H21N3O3. The Kier molecular flexibility index (Phi) is 4.32. The fourth-order valence-electron chi connectivity index (χ4n) is 3.38. The molecule has 4 rings (SSSR count). The van der Waals surface area contributed by atoms with Crippen molar-refractivity contribution in [2.75, 3.05) is 26.3 Å². The number of benzene rings is 1. The van der Waals surface area contributed by atoms with Crippen LogP contribution in [0.1, 0.15) is 23.2 Å². The van der Waals surface area contributed by atoms with Crippen molar-refractivity contribution in [1.29, 1.82) is 0 Å². The van der Waals surface area contributed by atoms with Crippen molar-refractivity contribution >= 4 is 5.91 Å². The van der Waals surface area contributed by atoms with E-state index in [9.17, 15) is 4.79 Å². The molecule has 2 fully saturated rings. The zero-order valence-corrected chi connectivity index (χ0v) is 13.5. The lowest BCUT2D eigenvalue weighted by Crippen LogP contribution is -2.41. The zero-order chi connectivity index (χ0) is 16.4. The molecule has 126 valence electrons. The van der Waals surface area contributed by atoms with E-state index in [1.807, 2.05) is 41.4 Å². The second kappa shape index (κ2) is 6.75. The van der Waals surface area contributed by atoms with E-state index in [0.717, 1.165) is 37.2 Å². The van der Waals surface area contributed by atoms with Gasteiger partial charge in [-0.3, -0.25) is 4.79 Å². The minimum atomic E-state index is -0.0735. The number of hydrogen-bond donors (Lipinski definition) is 0. The smallest absolute Gasteiger partial charge is 0.253 e. The summed E-state index contributed by atoms with van der Waals surface area (Å²) in [6.45, 7) is 2.89. The average Bonchev–Trinajstić information content (AvgIpc) is 3.35. The van der Waals surface area contributed by atoms with E-state index >= 15 is 0 Å². The summed E-state index contributed by atoms with van der Waals surface area (Å²) in [5, 5.41) is 4.19. The quantitative estimate of drug-likeness (QED) is 0.866. The van der Waals surface area contributed by atoms with Crippen molar-refractivity contribution in [3.63, 3.8) is 0 Å². The van der Waals surface area contributed by atoms with Gasteiger partial charge in [-0.1, -0.05) is 0 Å². The molecule has 24 heavy (non-hydrogen) atoms. The maximum absolute atomic E-state index is 12.7. The number of rotatable bonds is 3. The van der Waals surface area contributed by atoms with Gasteiger partial charge >= 0.3 is 0 Å². The summed E-state index contributed by atoms with van der Waals surface area (Å²) < 4.78 is 13.0. The van der Waals surface area contributed by atoms with Gasteiger partial charge in [0.25, 0.3) is 5.91 Å². The number of nitrogens with zero attached hydrogens (tertiary/aromatic N) is 3. The lowest BCUT2D eigenvalue weighted by Gasteiger charge is -2.33. The average molecular weight is 327 g/mol. The Hall–Kier alpha value is -2.18. The number of carbonyl (C=O) groups excluding carboxylic acids is 1. The van der Waals surface area contributed by atoms with Crippen LogP contribution in [-0.2, 0) is 9.47 Å². The van der Waals surface area contributed by atoms with E-state index < -0.39 is 0 Å². The summed E-state index contributed by atoms with van der Waals surface area (Å²) in [5.41, 5.74) is 1.67. The van der Waals surface area contributed by atoms with Crippen molar-refractivity contribution in [1.82, 2.24) is 14.7 Å². The van der Waals surface area contributed by atoms with Crippen molar-refractivity contribution in [2.24, 2.45) is 5.92 Å². The van der Waals surface area contributed by atoms with Crippen LogP contribution in [0.25, 0.3) is 5.69 Å². The summed E-state index contributed by atoms with van der Waals surface area (Å²) in [6, 6.07) is 9.46. The highest BCUT2D eigenvalue weighted by Gasteiger charge is 2.31. The second-order valence-corrected chi connectivity index (χ2v) is 6.24. The first-order chi connectivity index (χ1) is 11.8. The Labute approximate surface area is 141 Å². The molecule has 0 spiro atoms. The number of ether oxygens (including phenoxy) is 2. The Balaban J connectivity index is 1.37. The molecule has 1 amide bonds. The van der Waals surface area contributed by atoms with Crippen LogP contribution >= 0.6 is 0 Å². The van der Waals surface area contributed by atoms with Gasteiger partial charge in [-0.15, -0.1) is 0 Å². The van der Waals surface area contributed by atoms with Crippen LogP contribution in [0.15, 0.2) is 42.7 Å². The number of carbonyl (C=O) groups is 1. The van der Waals surface area contributed by atoms with Crippen LogP contribution in [0, 0.1) is 5.92 Å². The van der Waals surface area contributed by atoms with E-state index in [0.29, 0.717) is 19.1 Å². The Morgan fingerprint density at radius 1 is 1.08 bits per heavy atom. The van der Waals surface area contributed by atoms with Gasteiger partial charge in [0.2, 0.25) is 0 Å². The monoisotopic (exact) mass is 327 g/mol. The van der Waals surface area contributed by atoms with Gasteiger partial charge in [0.1, 0.15) is 0 Å². The molecule has 0 atom stereocenters. The molecule has 0 radical (unpaired) electrons. The Bertz CT molecular complexity index is 670. The summed E-state index contributed by atoms with van der Waals surface area (Å²) in [5.74, 6) is 0.493. The van der Waals surface area contributed by atoms with Gasteiger partial charge in [0.15, 0.2) is 6.29 Å². The van der Waals surface area contributed by atoms with Crippen LogP contribution in [0.5, 0.6) is 0 Å². The first kappa shape index (κ1) is 15.4. The highest BCUT2D eigenvalue weighted by atomic mass is 16.7. The van der Waals surface area contributed by atoms with Gasteiger partial charge in [-0.25, -0.2) is 4.68 Å². The third kappa shape index (κ3) is 3.07. The van der Waals surface area contributed by atoms with E-state index in [1.165, 1.54) is 0 Å². The molecule has 3 heterocycles. The number of hydrogen-bond acceptors (Lipinski definition) is 4. The lowest BCUT2D eigenvalue weighted by atomic mass is 9.95. The highest BCUT2D eigenvalue weighted by Crippen LogP contribution is 2.26. The van der Waals surface area contributed by atoms with Crippen LogP contribution in [0.2, 0.25) is 0 Å². The highest BCUT2D eigenvalue weighted by molar-refractivity contribution is 5.94. The molecule has 0 unspecified atom stereocenters. The fraction of sp³-hybridized carbons (Fsp3) is 0.444. The molecule has 0 N–H and O–H groups in total. The SMILES string of the molecule is O=C(c1ccc(-n2cccn2)cc1)N1CCC(C2OCCO2)CC1. The summed E-state index contributed by atoms with van der Waals surface area (Å²) in [7, 11) is 0. The molecule has 6 heteroatoms. The van der Waals surface area contributed by atoms with Crippen molar-refractivity contribution < 1.29 is 14.3 Å². The topological polar surface area (TPSA) is 56.6 Å². The maximum Gasteiger partial charge on any atom is 0.253 e. The van der Waals surface area contributed by atoms with Crippen molar-refractivity contribution in [3.8, 4) is 5.69 Å². The zero-order valence-electron chi connectivity index (χ0n) is 13.5. The Morgan fingerprint density at radius 3 is 2.42 bits per heavy atom. The van der Waals surface area contributed by atoms with Gasteiger partial charge < -0.3 is 14.4 Å². The first-order valence-corrected chi connectivity index (χ1v) is 8.44. The van der Waals surface area contributed by atoms with Gasteiger partial charge in [0.05, 0.1) is 18.9 Å². The molecule has 0 saturated carbocycles. The molecule has 6 nitrogen and oxygen atoms in total. The summed E-state index contributed by atoms with van der Waals surface area (Å²) >= 11 is 0. The van der Waals surface area contributed by atoms with Gasteiger partial charge in [-0.2, -0.15) is 5.10 Å². The largest absolute Gasteiger partial charge is 0.350 e. The minimum Gasteiger partial charge on any atom is -0.350 e. The standard InChI is InChI=1S/C18H21N3O3/c22-17(14-2-4-16(5-3-14)21-9-1-8-19-21)20-10-6-15(7-11-20)18-23-12-13-24-18/h1-5,8-9,15,18H,6-7,10-13H2. The van der Waals surface area contributed by atoms with Gasteiger partial charge in [0, 0.05) is 37.0 Å². The molecule has 2 saturated heterocycles. The normalized spacial score (nSPS) is 19.8. The molecule has 1 aromatic carbocycles. The molecular weight excluding hydrogens is 306 g/mol. The third-order valence-corrected chi connectivity index (χ3v) is 4.74. The molecule has 2 aliphatic heterocycles. The minimum absolute atomic E-state index is 0.0735. The van der Waals surface area contributed by atoms with Crippen LogP contribution in [-0.4, -0.2) is 53.2 Å². The van der Waals surface area contributed by atoms with E-state index in [2.05, 4.69) is 5.10 Å². The summed E-state index contributed by atoms with van der Waals surface area (Å²) in [4.78, 5) is 14.6. The summed E-state index contributed by atoms with van der Waals surface area (Å²) in [6.07, 6.45) is 5.41. The van der Waals surface area contributed by atoms with E-state index in [-0.39, 0.29) is 12.2 Å². The van der Waals surface area contributed by atoms with Crippen LogP contribution in [0.3, 0.4) is 0 Å². The molecule has 2 aliphatic rings. The molecule has 0 aliphatic carbocycles. The molecule has 1 aromatic heterocycles. The lowest BCUT2D eigenvalue weighted by molar-refractivity contribution is -0.0956. The molecule has 0 bridgehead atoms. The van der Waals surface area contributed by atoms with Crippen LogP contribution in [0.4, 0.5) is 0 Å². The fourth-order valence-corrected chi connectivity index (χ4v) is 3.38. The first-order valence-electron chi connectivity index (χ1n) is 8.44. The third-order valence-electron chi connectivity index (χ3n) is 4.74. The number of piperidine rings is 1. The van der Waals surface area contributed by atoms with Crippen molar-refractivity contribution in [2.45, 2.75) is 19.1 Å². The second-order valence-electron chi connectivity index (χ2n) is 6.24. The predicted molar refractivity (Wildman–Crippen MR) is 87.9 cm³/mol. The molecule has 2 aromatic rings. The van der Waals surface area contributed by atoms with E-state index in [4.69, 9.17) is 9.47 Å². The van der Waals surface area contributed by atoms with Crippen LogP contribution < -0.4 is 0 Å². The number of amides is 1. The Morgan fingerprint density at radius 2 is 1.79 bits per heavy atom. The predicted octanol–water partition coefficient (Wildman–Crippen LogP) is 2.10. The van der Waals surface area contributed by atoms with E-state index in [1.54, 1.807) is 10.9 Å².